The van der Waals surface area contributed by atoms with Crippen molar-refractivity contribution in [2.24, 2.45) is 5.92 Å². The predicted molar refractivity (Wildman–Crippen MR) is 128 cm³/mol. The number of nitrogens with zero attached hydrogens (tertiary/aromatic N) is 1. The number of methoxy groups -OCH3 is 1. The van der Waals surface area contributed by atoms with Crippen LogP contribution in [-0.2, 0) is 9.59 Å². The summed E-state index contributed by atoms with van der Waals surface area (Å²) >= 11 is 0. The molecule has 1 unspecified atom stereocenters. The van der Waals surface area contributed by atoms with Gasteiger partial charge in [-0.2, -0.15) is 0 Å². The van der Waals surface area contributed by atoms with Crippen LogP contribution < -0.4 is 9.47 Å². The van der Waals surface area contributed by atoms with Crippen LogP contribution in [0.15, 0.2) is 48.0 Å². The van der Waals surface area contributed by atoms with E-state index in [1.54, 1.807) is 42.3 Å². The van der Waals surface area contributed by atoms with Gasteiger partial charge in [0.2, 0.25) is 0 Å². The van der Waals surface area contributed by atoms with Crippen molar-refractivity contribution in [1.82, 2.24) is 4.90 Å². The Labute approximate surface area is 195 Å². The lowest BCUT2D eigenvalue weighted by Crippen LogP contribution is -2.30. The van der Waals surface area contributed by atoms with E-state index in [1.807, 2.05) is 26.0 Å². The van der Waals surface area contributed by atoms with Crippen molar-refractivity contribution in [2.45, 2.75) is 46.6 Å². The van der Waals surface area contributed by atoms with Gasteiger partial charge in [0, 0.05) is 12.1 Å². The van der Waals surface area contributed by atoms with Gasteiger partial charge in [0.15, 0.2) is 0 Å². The summed E-state index contributed by atoms with van der Waals surface area (Å²) in [4.78, 5) is 27.6. The third-order valence-corrected chi connectivity index (χ3v) is 5.74. The maximum absolute atomic E-state index is 13.1. The van der Waals surface area contributed by atoms with Crippen LogP contribution in [0.5, 0.6) is 11.5 Å². The molecule has 176 valence electrons. The highest BCUT2D eigenvalue weighted by atomic mass is 16.5. The second-order valence-electron chi connectivity index (χ2n) is 8.80. The van der Waals surface area contributed by atoms with E-state index in [2.05, 4.69) is 13.8 Å². The van der Waals surface area contributed by atoms with Crippen molar-refractivity contribution >= 4 is 17.4 Å². The Morgan fingerprint density at radius 2 is 1.82 bits per heavy atom. The summed E-state index contributed by atoms with van der Waals surface area (Å²) in [5, 5.41) is 11.2. The molecule has 2 aromatic rings. The number of Topliss-reactive ketones (excluding diaryl/α,β-unsaturated/α-hetero) is 1. The number of unbranched alkanes of at least 4 members (excludes halogenated alkanes) is 1. The van der Waals surface area contributed by atoms with E-state index in [9.17, 15) is 14.7 Å². The van der Waals surface area contributed by atoms with Crippen molar-refractivity contribution in [1.29, 1.82) is 0 Å². The van der Waals surface area contributed by atoms with Crippen LogP contribution in [0.3, 0.4) is 0 Å². The Bertz CT molecular complexity index is 1040. The van der Waals surface area contributed by atoms with Gasteiger partial charge in [-0.15, -0.1) is 0 Å². The van der Waals surface area contributed by atoms with Gasteiger partial charge in [0.25, 0.3) is 11.7 Å². The van der Waals surface area contributed by atoms with Gasteiger partial charge in [-0.05, 0) is 60.7 Å². The summed E-state index contributed by atoms with van der Waals surface area (Å²) in [5.74, 6) is 0.376. The Balaban J connectivity index is 2.06. The van der Waals surface area contributed by atoms with E-state index in [4.69, 9.17) is 9.47 Å². The number of likely N-dealkylation sites (tertiary alicyclic amines) is 1. The standard InChI is InChI=1S/C27H33NO5/c1-6-7-14-28-24(19-8-11-21(32-5)12-9-19)23(26(30)27(28)31)25(29)20-10-13-22(18(4)15-20)33-16-17(2)3/h8-13,15,17,24,29H,6-7,14,16H2,1-5H3/b25-23-. The van der Waals surface area contributed by atoms with Gasteiger partial charge in [-0.1, -0.05) is 39.3 Å². The first kappa shape index (κ1) is 24.4. The molecule has 0 bridgehead atoms. The zero-order valence-electron chi connectivity index (χ0n) is 20.1. The van der Waals surface area contributed by atoms with Gasteiger partial charge < -0.3 is 19.5 Å². The number of aliphatic hydroxyl groups is 1. The number of carbonyl (C=O) groups excluding carboxylic acids is 2. The molecule has 6 heteroatoms. The van der Waals surface area contributed by atoms with Crippen molar-refractivity contribution in [3.05, 3.63) is 64.7 Å². The molecule has 1 fully saturated rings. The molecule has 1 saturated heterocycles. The zero-order chi connectivity index (χ0) is 24.1. The molecule has 1 amide bonds. The number of rotatable bonds is 9. The Morgan fingerprint density at radius 3 is 2.39 bits per heavy atom. The van der Waals surface area contributed by atoms with E-state index in [-0.39, 0.29) is 11.3 Å². The van der Waals surface area contributed by atoms with Gasteiger partial charge >= 0.3 is 0 Å². The van der Waals surface area contributed by atoms with Gasteiger partial charge in [0.05, 0.1) is 25.3 Å². The van der Waals surface area contributed by atoms with Crippen LogP contribution in [0.2, 0.25) is 0 Å². The molecule has 0 radical (unpaired) electrons. The highest BCUT2D eigenvalue weighted by Crippen LogP contribution is 2.40. The van der Waals surface area contributed by atoms with Crippen LogP contribution >= 0.6 is 0 Å². The van der Waals surface area contributed by atoms with Crippen molar-refractivity contribution < 1.29 is 24.2 Å². The van der Waals surface area contributed by atoms with Gasteiger partial charge in [-0.25, -0.2) is 0 Å². The number of hydrogen-bond acceptors (Lipinski definition) is 5. The minimum Gasteiger partial charge on any atom is -0.507 e. The molecule has 0 aliphatic carbocycles. The molecule has 2 aromatic carbocycles. The predicted octanol–water partition coefficient (Wildman–Crippen LogP) is 5.26. The molecular formula is C27H33NO5. The smallest absolute Gasteiger partial charge is 0.295 e. The molecule has 1 aliphatic rings. The maximum atomic E-state index is 13.1. The second-order valence-corrected chi connectivity index (χ2v) is 8.80. The quantitative estimate of drug-likeness (QED) is 0.320. The number of aliphatic hydroxyl groups excluding tert-OH is 1. The molecule has 1 aliphatic heterocycles. The molecule has 6 nitrogen and oxygen atoms in total. The molecule has 33 heavy (non-hydrogen) atoms. The zero-order valence-corrected chi connectivity index (χ0v) is 20.1. The van der Waals surface area contributed by atoms with Crippen molar-refractivity contribution in [3.63, 3.8) is 0 Å². The lowest BCUT2D eigenvalue weighted by atomic mass is 9.94. The molecular weight excluding hydrogens is 418 g/mol. The first-order valence-corrected chi connectivity index (χ1v) is 11.4. The Morgan fingerprint density at radius 1 is 1.12 bits per heavy atom. The molecule has 0 saturated carbocycles. The third kappa shape index (κ3) is 5.21. The minimum atomic E-state index is -0.665. The number of ketones is 1. The van der Waals surface area contributed by atoms with E-state index in [0.717, 1.165) is 29.7 Å². The second kappa shape index (κ2) is 10.6. The van der Waals surface area contributed by atoms with E-state index < -0.39 is 17.7 Å². The van der Waals surface area contributed by atoms with Crippen LogP contribution in [0, 0.1) is 12.8 Å². The summed E-state index contributed by atoms with van der Waals surface area (Å²) in [5.41, 5.74) is 2.19. The molecule has 1 N–H and O–H groups in total. The first-order valence-electron chi connectivity index (χ1n) is 11.4. The minimum absolute atomic E-state index is 0.108. The fourth-order valence-corrected chi connectivity index (χ4v) is 3.94. The number of benzene rings is 2. The normalized spacial score (nSPS) is 17.6. The summed E-state index contributed by atoms with van der Waals surface area (Å²) in [6.45, 7) is 9.11. The number of amides is 1. The fraction of sp³-hybridized carbons (Fsp3) is 0.407. The molecule has 0 aromatic heterocycles. The SMILES string of the molecule is CCCCN1C(=O)C(=O)/C(=C(\O)c2ccc(OCC(C)C)c(C)c2)C1c1ccc(OC)cc1. The first-order chi connectivity index (χ1) is 15.8. The number of carbonyl (C=O) groups is 2. The van der Waals surface area contributed by atoms with E-state index in [0.29, 0.717) is 30.4 Å². The summed E-state index contributed by atoms with van der Waals surface area (Å²) in [6, 6.07) is 11.9. The van der Waals surface area contributed by atoms with Crippen molar-refractivity contribution in [3.8, 4) is 11.5 Å². The van der Waals surface area contributed by atoms with Crippen LogP contribution in [0.4, 0.5) is 0 Å². The van der Waals surface area contributed by atoms with Gasteiger partial charge in [0.1, 0.15) is 17.3 Å². The third-order valence-electron chi connectivity index (χ3n) is 5.74. The maximum Gasteiger partial charge on any atom is 0.295 e. The van der Waals surface area contributed by atoms with Gasteiger partial charge in [-0.3, -0.25) is 9.59 Å². The summed E-state index contributed by atoms with van der Waals surface area (Å²) in [7, 11) is 1.58. The summed E-state index contributed by atoms with van der Waals surface area (Å²) < 4.78 is 11.1. The Kier molecular flexibility index (Phi) is 7.79. The molecule has 3 rings (SSSR count). The van der Waals surface area contributed by atoms with Crippen LogP contribution in [0.25, 0.3) is 5.76 Å². The Hall–Kier alpha value is -3.28. The summed E-state index contributed by atoms with van der Waals surface area (Å²) in [6.07, 6.45) is 1.65. The van der Waals surface area contributed by atoms with Crippen LogP contribution in [-0.4, -0.2) is 42.0 Å². The number of hydrogen-bond donors (Lipinski definition) is 1. The largest absolute Gasteiger partial charge is 0.507 e. The lowest BCUT2D eigenvalue weighted by Gasteiger charge is -2.25. The molecule has 1 heterocycles. The van der Waals surface area contributed by atoms with E-state index in [1.165, 1.54) is 0 Å². The van der Waals surface area contributed by atoms with Crippen molar-refractivity contribution in [2.75, 3.05) is 20.3 Å². The van der Waals surface area contributed by atoms with E-state index >= 15 is 0 Å². The lowest BCUT2D eigenvalue weighted by molar-refractivity contribution is -0.139. The highest BCUT2D eigenvalue weighted by Gasteiger charge is 2.45. The van der Waals surface area contributed by atoms with Crippen LogP contribution in [0.1, 0.15) is 56.3 Å². The fourth-order valence-electron chi connectivity index (χ4n) is 3.94. The molecule has 0 spiro atoms. The topological polar surface area (TPSA) is 76.1 Å². The average Bonchev–Trinajstić information content (AvgIpc) is 3.06. The highest BCUT2D eigenvalue weighted by molar-refractivity contribution is 6.46. The number of ether oxygens (including phenoxy) is 2. The number of aryl methyl sites for hydroxylation is 1. The average molecular weight is 452 g/mol. The monoisotopic (exact) mass is 451 g/mol. The molecule has 1 atom stereocenters.